The summed E-state index contributed by atoms with van der Waals surface area (Å²) in [6, 6.07) is 7.70. The molecule has 0 saturated carbocycles. The number of piperidine rings is 1. The molecule has 0 radical (unpaired) electrons. The van der Waals surface area contributed by atoms with E-state index in [1.807, 2.05) is 24.3 Å². The number of likely N-dealkylation sites (tertiary alicyclic amines) is 1. The number of urea groups is 1. The number of nitrogens with zero attached hydrogens (tertiary/aromatic N) is 1. The van der Waals surface area contributed by atoms with Crippen molar-refractivity contribution in [2.75, 3.05) is 25.0 Å². The van der Waals surface area contributed by atoms with Crippen LogP contribution < -0.4 is 10.6 Å². The highest BCUT2D eigenvalue weighted by molar-refractivity contribution is 5.89. The van der Waals surface area contributed by atoms with E-state index in [9.17, 15) is 9.59 Å². The van der Waals surface area contributed by atoms with E-state index in [0.29, 0.717) is 19.7 Å². The van der Waals surface area contributed by atoms with Crippen LogP contribution in [0.2, 0.25) is 0 Å². The number of rotatable bonds is 4. The number of carbonyl (C=O) groups is 2. The molecule has 2 N–H and O–H groups in total. The van der Waals surface area contributed by atoms with E-state index in [1.165, 1.54) is 5.56 Å². The maximum Gasteiger partial charge on any atom is 0.409 e. The molecular weight excluding hydrogens is 294 g/mol. The van der Waals surface area contributed by atoms with E-state index >= 15 is 0 Å². The van der Waals surface area contributed by atoms with Crippen LogP contribution in [0.5, 0.6) is 0 Å². The van der Waals surface area contributed by atoms with Gasteiger partial charge in [0.15, 0.2) is 0 Å². The molecule has 23 heavy (non-hydrogen) atoms. The van der Waals surface area contributed by atoms with Gasteiger partial charge in [0.2, 0.25) is 0 Å². The van der Waals surface area contributed by atoms with Gasteiger partial charge in [-0.3, -0.25) is 0 Å². The largest absolute Gasteiger partial charge is 0.450 e. The molecule has 1 aromatic rings. The molecule has 0 bridgehead atoms. The molecule has 2 rings (SSSR count). The Morgan fingerprint density at radius 3 is 2.65 bits per heavy atom. The number of amides is 3. The van der Waals surface area contributed by atoms with Crippen LogP contribution in [0.3, 0.4) is 0 Å². The highest BCUT2D eigenvalue weighted by Crippen LogP contribution is 2.13. The summed E-state index contributed by atoms with van der Waals surface area (Å²) in [6.07, 6.45) is 2.14. The monoisotopic (exact) mass is 319 g/mol. The van der Waals surface area contributed by atoms with Crippen molar-refractivity contribution in [1.29, 1.82) is 0 Å². The van der Waals surface area contributed by atoms with E-state index in [0.717, 1.165) is 24.9 Å². The molecule has 1 saturated heterocycles. The van der Waals surface area contributed by atoms with E-state index in [-0.39, 0.29) is 18.2 Å². The first kappa shape index (κ1) is 17.1. The first-order valence-corrected chi connectivity index (χ1v) is 8.20. The number of aryl methyl sites for hydroxylation is 1. The minimum Gasteiger partial charge on any atom is -0.450 e. The Morgan fingerprint density at radius 1 is 1.26 bits per heavy atom. The van der Waals surface area contributed by atoms with Gasteiger partial charge in [-0.05, 0) is 43.9 Å². The lowest BCUT2D eigenvalue weighted by Gasteiger charge is -2.31. The molecule has 3 amide bonds. The van der Waals surface area contributed by atoms with Crippen LogP contribution >= 0.6 is 0 Å². The fourth-order valence-electron chi connectivity index (χ4n) is 2.64. The molecule has 1 heterocycles. The second-order valence-corrected chi connectivity index (χ2v) is 5.61. The molecule has 0 atom stereocenters. The Kier molecular flexibility index (Phi) is 6.26. The van der Waals surface area contributed by atoms with Gasteiger partial charge in [-0.2, -0.15) is 0 Å². The summed E-state index contributed by atoms with van der Waals surface area (Å²) in [7, 11) is 0. The van der Waals surface area contributed by atoms with Gasteiger partial charge >= 0.3 is 12.1 Å². The third-order valence-electron chi connectivity index (χ3n) is 3.95. The molecule has 6 nitrogen and oxygen atoms in total. The lowest BCUT2D eigenvalue weighted by molar-refractivity contribution is 0.0959. The molecule has 0 unspecified atom stereocenters. The van der Waals surface area contributed by atoms with Crippen molar-refractivity contribution < 1.29 is 14.3 Å². The molecule has 1 aliphatic heterocycles. The zero-order chi connectivity index (χ0) is 16.7. The predicted octanol–water partition coefficient (Wildman–Crippen LogP) is 2.99. The van der Waals surface area contributed by atoms with Gasteiger partial charge in [0, 0.05) is 24.8 Å². The van der Waals surface area contributed by atoms with Gasteiger partial charge < -0.3 is 20.3 Å². The average Bonchev–Trinajstić information content (AvgIpc) is 2.55. The van der Waals surface area contributed by atoms with Crippen LogP contribution in [0.4, 0.5) is 15.3 Å². The third kappa shape index (κ3) is 5.16. The number of nitrogens with one attached hydrogen (secondary N) is 2. The molecule has 1 aromatic carbocycles. The Morgan fingerprint density at radius 2 is 2.00 bits per heavy atom. The third-order valence-corrected chi connectivity index (χ3v) is 3.95. The van der Waals surface area contributed by atoms with Crippen molar-refractivity contribution >= 4 is 17.8 Å². The van der Waals surface area contributed by atoms with Crippen LogP contribution in [0.25, 0.3) is 0 Å². The van der Waals surface area contributed by atoms with Crippen LogP contribution in [0.15, 0.2) is 24.3 Å². The fourth-order valence-corrected chi connectivity index (χ4v) is 2.64. The summed E-state index contributed by atoms with van der Waals surface area (Å²) >= 11 is 0. The van der Waals surface area contributed by atoms with Gasteiger partial charge in [-0.15, -0.1) is 0 Å². The predicted molar refractivity (Wildman–Crippen MR) is 89.6 cm³/mol. The normalized spacial score (nSPS) is 15.1. The topological polar surface area (TPSA) is 70.7 Å². The molecule has 0 spiro atoms. The summed E-state index contributed by atoms with van der Waals surface area (Å²) in [5.41, 5.74) is 1.98. The van der Waals surface area contributed by atoms with Crippen molar-refractivity contribution in [1.82, 2.24) is 10.2 Å². The van der Waals surface area contributed by atoms with E-state index in [1.54, 1.807) is 11.8 Å². The van der Waals surface area contributed by atoms with E-state index < -0.39 is 0 Å². The summed E-state index contributed by atoms with van der Waals surface area (Å²) in [4.78, 5) is 25.4. The first-order valence-electron chi connectivity index (χ1n) is 8.20. The second-order valence-electron chi connectivity index (χ2n) is 5.61. The highest BCUT2D eigenvalue weighted by atomic mass is 16.6. The van der Waals surface area contributed by atoms with Crippen LogP contribution in [0.1, 0.15) is 32.3 Å². The number of anilines is 1. The summed E-state index contributed by atoms with van der Waals surface area (Å²) in [5.74, 6) is 0. The Balaban J connectivity index is 1.77. The van der Waals surface area contributed by atoms with Crippen LogP contribution in [-0.2, 0) is 11.2 Å². The van der Waals surface area contributed by atoms with Crippen molar-refractivity contribution in [2.45, 2.75) is 39.2 Å². The van der Waals surface area contributed by atoms with Crippen LogP contribution in [0, 0.1) is 0 Å². The zero-order valence-electron chi connectivity index (χ0n) is 13.8. The quantitative estimate of drug-likeness (QED) is 0.896. The van der Waals surface area contributed by atoms with Crippen LogP contribution in [-0.4, -0.2) is 42.8 Å². The molecule has 0 aliphatic carbocycles. The Labute approximate surface area is 137 Å². The first-order chi connectivity index (χ1) is 11.1. The van der Waals surface area contributed by atoms with Crippen molar-refractivity contribution in [2.24, 2.45) is 0 Å². The molecule has 126 valence electrons. The maximum atomic E-state index is 12.1. The number of hydrogen-bond donors (Lipinski definition) is 2. The fraction of sp³-hybridized carbons (Fsp3) is 0.529. The molecule has 1 fully saturated rings. The van der Waals surface area contributed by atoms with Crippen molar-refractivity contribution in [3.05, 3.63) is 29.8 Å². The maximum absolute atomic E-state index is 12.1. The molecule has 1 aliphatic rings. The molecule has 0 aromatic heterocycles. The SMILES string of the molecule is CCOC(=O)N1CCC(NC(=O)Nc2cccc(CC)c2)CC1. The number of hydrogen-bond acceptors (Lipinski definition) is 3. The van der Waals surface area contributed by atoms with Crippen molar-refractivity contribution in [3.8, 4) is 0 Å². The minimum absolute atomic E-state index is 0.0787. The summed E-state index contributed by atoms with van der Waals surface area (Å²) in [6.45, 7) is 5.47. The minimum atomic E-state index is -0.271. The highest BCUT2D eigenvalue weighted by Gasteiger charge is 2.24. The number of carbonyl (C=O) groups excluding carboxylic acids is 2. The summed E-state index contributed by atoms with van der Waals surface area (Å²) < 4.78 is 4.99. The molecule has 6 heteroatoms. The van der Waals surface area contributed by atoms with E-state index in [2.05, 4.69) is 17.6 Å². The van der Waals surface area contributed by atoms with Gasteiger partial charge in [0.25, 0.3) is 0 Å². The standard InChI is InChI=1S/C17H25N3O3/c1-3-13-6-5-7-15(12-13)19-16(21)18-14-8-10-20(11-9-14)17(22)23-4-2/h5-7,12,14H,3-4,8-11H2,1-2H3,(H2,18,19,21). The summed E-state index contributed by atoms with van der Waals surface area (Å²) in [5, 5.41) is 5.83. The lowest BCUT2D eigenvalue weighted by Crippen LogP contribution is -2.47. The van der Waals surface area contributed by atoms with Gasteiger partial charge in [-0.25, -0.2) is 9.59 Å². The average molecular weight is 319 g/mol. The molecular formula is C17H25N3O3. The smallest absolute Gasteiger partial charge is 0.409 e. The number of benzene rings is 1. The van der Waals surface area contributed by atoms with Gasteiger partial charge in [0.05, 0.1) is 6.61 Å². The van der Waals surface area contributed by atoms with E-state index in [4.69, 9.17) is 4.74 Å². The van der Waals surface area contributed by atoms with Gasteiger partial charge in [0.1, 0.15) is 0 Å². The zero-order valence-corrected chi connectivity index (χ0v) is 13.8. The van der Waals surface area contributed by atoms with Gasteiger partial charge in [-0.1, -0.05) is 19.1 Å². The second kappa shape index (κ2) is 8.41. The Bertz CT molecular complexity index is 540. The number of ether oxygens (including phenoxy) is 1. The van der Waals surface area contributed by atoms with Crippen molar-refractivity contribution in [3.63, 3.8) is 0 Å². The Hall–Kier alpha value is -2.24. The lowest BCUT2D eigenvalue weighted by atomic mass is 10.1.